The van der Waals surface area contributed by atoms with Crippen molar-refractivity contribution in [3.63, 3.8) is 0 Å². The Kier molecular flexibility index (Phi) is 14.6. The molecule has 5 nitrogen and oxygen atoms in total. The van der Waals surface area contributed by atoms with Crippen LogP contribution in [-0.2, 0) is 14.3 Å². The highest BCUT2D eigenvalue weighted by atomic mass is 16.5. The van der Waals surface area contributed by atoms with Crippen molar-refractivity contribution in [3.05, 3.63) is 12.2 Å². The maximum absolute atomic E-state index is 11.8. The maximum atomic E-state index is 11.8. The molecule has 24 heavy (non-hydrogen) atoms. The van der Waals surface area contributed by atoms with E-state index in [-0.39, 0.29) is 11.8 Å². The van der Waals surface area contributed by atoms with Gasteiger partial charge in [-0.1, -0.05) is 57.6 Å². The molecule has 0 saturated carbocycles. The number of ether oxygens (including phenoxy) is 1. The first kappa shape index (κ1) is 22.8. The number of rotatable bonds is 15. The lowest BCUT2D eigenvalue weighted by Gasteiger charge is -2.07. The van der Waals surface area contributed by atoms with E-state index < -0.39 is 12.2 Å². The fourth-order valence-corrected chi connectivity index (χ4v) is 2.39. The summed E-state index contributed by atoms with van der Waals surface area (Å²) in [5.41, 5.74) is 0. The number of methoxy groups -OCH3 is 1. The summed E-state index contributed by atoms with van der Waals surface area (Å²) < 4.78 is 4.57. The minimum Gasteiger partial charge on any atom is -0.469 e. The predicted octanol–water partition coefficient (Wildman–Crippen LogP) is 3.32. The first-order valence-corrected chi connectivity index (χ1v) is 9.15. The Balaban J connectivity index is 3.70. The van der Waals surface area contributed by atoms with Crippen LogP contribution in [-0.4, -0.2) is 41.3 Å². The van der Waals surface area contributed by atoms with Gasteiger partial charge in [0, 0.05) is 12.8 Å². The van der Waals surface area contributed by atoms with Crippen molar-refractivity contribution in [2.75, 3.05) is 7.11 Å². The molecule has 0 rings (SSSR count). The second-order valence-electron chi connectivity index (χ2n) is 6.20. The van der Waals surface area contributed by atoms with Crippen LogP contribution >= 0.6 is 0 Å². The van der Waals surface area contributed by atoms with Gasteiger partial charge in [0.25, 0.3) is 0 Å². The van der Waals surface area contributed by atoms with Crippen LogP contribution in [0.5, 0.6) is 0 Å². The van der Waals surface area contributed by atoms with Gasteiger partial charge in [-0.3, -0.25) is 9.59 Å². The molecule has 140 valence electrons. The average Bonchev–Trinajstić information content (AvgIpc) is 2.58. The number of esters is 1. The molecule has 0 saturated heterocycles. The summed E-state index contributed by atoms with van der Waals surface area (Å²) in [5, 5.41) is 19.5. The average molecular weight is 342 g/mol. The highest BCUT2D eigenvalue weighted by Gasteiger charge is 2.11. The monoisotopic (exact) mass is 342 g/mol. The van der Waals surface area contributed by atoms with E-state index in [0.29, 0.717) is 19.3 Å². The molecule has 0 radical (unpaired) electrons. The molecule has 2 unspecified atom stereocenters. The van der Waals surface area contributed by atoms with Crippen molar-refractivity contribution in [3.8, 4) is 0 Å². The van der Waals surface area contributed by atoms with E-state index in [0.717, 1.165) is 51.4 Å². The predicted molar refractivity (Wildman–Crippen MR) is 94.6 cm³/mol. The molecule has 0 fully saturated rings. The molecule has 0 aliphatic rings. The lowest BCUT2D eigenvalue weighted by molar-refractivity contribution is -0.140. The SMILES string of the molecule is CCCCCC(O)/C=C/C(O)C(=O)CCCCCCCC(=O)OC. The number of carbonyl (C=O) groups excluding carboxylic acids is 2. The van der Waals surface area contributed by atoms with E-state index in [1.54, 1.807) is 0 Å². The van der Waals surface area contributed by atoms with Crippen molar-refractivity contribution >= 4 is 11.8 Å². The summed E-state index contributed by atoms with van der Waals surface area (Å²) in [4.78, 5) is 22.7. The van der Waals surface area contributed by atoms with Gasteiger partial charge in [-0.05, 0) is 19.3 Å². The standard InChI is InChI=1S/C19H34O5/c1-3-4-8-11-16(20)14-15-18(22)17(21)12-9-6-5-7-10-13-19(23)24-2/h14-16,18,20,22H,3-13H2,1-2H3/b15-14+. The maximum Gasteiger partial charge on any atom is 0.305 e. The van der Waals surface area contributed by atoms with Crippen molar-refractivity contribution in [1.29, 1.82) is 0 Å². The van der Waals surface area contributed by atoms with Gasteiger partial charge in [0.05, 0.1) is 13.2 Å². The van der Waals surface area contributed by atoms with Crippen LogP contribution in [0.2, 0.25) is 0 Å². The van der Waals surface area contributed by atoms with Crippen LogP contribution in [0.3, 0.4) is 0 Å². The Morgan fingerprint density at radius 2 is 1.54 bits per heavy atom. The molecule has 0 aromatic heterocycles. The van der Waals surface area contributed by atoms with Gasteiger partial charge in [-0.25, -0.2) is 0 Å². The third-order valence-corrected chi connectivity index (χ3v) is 3.98. The minimum atomic E-state index is -1.12. The van der Waals surface area contributed by atoms with E-state index in [2.05, 4.69) is 11.7 Å². The van der Waals surface area contributed by atoms with E-state index in [1.165, 1.54) is 19.3 Å². The highest BCUT2D eigenvalue weighted by molar-refractivity contribution is 5.84. The van der Waals surface area contributed by atoms with Gasteiger partial charge in [-0.2, -0.15) is 0 Å². The van der Waals surface area contributed by atoms with Crippen LogP contribution < -0.4 is 0 Å². The van der Waals surface area contributed by atoms with Crippen LogP contribution in [0.4, 0.5) is 0 Å². The van der Waals surface area contributed by atoms with Crippen molar-refractivity contribution in [2.24, 2.45) is 0 Å². The molecule has 0 aliphatic carbocycles. The zero-order valence-electron chi connectivity index (χ0n) is 15.2. The van der Waals surface area contributed by atoms with Gasteiger partial charge in [0.2, 0.25) is 0 Å². The highest BCUT2D eigenvalue weighted by Crippen LogP contribution is 2.10. The topological polar surface area (TPSA) is 83.8 Å². The lowest BCUT2D eigenvalue weighted by Crippen LogP contribution is -2.18. The summed E-state index contributed by atoms with van der Waals surface area (Å²) in [5.74, 6) is -0.390. The molecule has 5 heteroatoms. The zero-order chi connectivity index (χ0) is 18.2. The minimum absolute atomic E-state index is 0.183. The fraction of sp³-hybridized carbons (Fsp3) is 0.789. The van der Waals surface area contributed by atoms with E-state index >= 15 is 0 Å². The van der Waals surface area contributed by atoms with Crippen LogP contribution in [0.25, 0.3) is 0 Å². The normalized spacial score (nSPS) is 13.8. The molecule has 0 spiro atoms. The van der Waals surface area contributed by atoms with Gasteiger partial charge in [0.15, 0.2) is 5.78 Å². The molecule has 2 atom stereocenters. The van der Waals surface area contributed by atoms with E-state index in [4.69, 9.17) is 0 Å². The van der Waals surface area contributed by atoms with Crippen LogP contribution in [0.15, 0.2) is 12.2 Å². The Morgan fingerprint density at radius 1 is 0.917 bits per heavy atom. The second kappa shape index (κ2) is 15.3. The molecular weight excluding hydrogens is 308 g/mol. The number of unbranched alkanes of at least 4 members (excludes halogenated alkanes) is 6. The molecule has 0 bridgehead atoms. The number of hydrogen-bond donors (Lipinski definition) is 2. The number of aliphatic hydroxyl groups excluding tert-OH is 2. The van der Waals surface area contributed by atoms with Crippen molar-refractivity contribution < 1.29 is 24.5 Å². The fourth-order valence-electron chi connectivity index (χ4n) is 2.39. The second-order valence-corrected chi connectivity index (χ2v) is 6.20. The van der Waals surface area contributed by atoms with Crippen molar-refractivity contribution in [2.45, 2.75) is 89.8 Å². The Hall–Kier alpha value is -1.20. The molecule has 0 aromatic rings. The van der Waals surface area contributed by atoms with E-state index in [1.807, 2.05) is 0 Å². The van der Waals surface area contributed by atoms with Gasteiger partial charge in [-0.15, -0.1) is 0 Å². The Labute approximate surface area is 146 Å². The number of aliphatic hydroxyl groups is 2. The number of hydrogen-bond acceptors (Lipinski definition) is 5. The molecule has 0 aromatic carbocycles. The summed E-state index contributed by atoms with van der Waals surface area (Å²) in [6, 6.07) is 0. The number of ketones is 1. The number of carbonyl (C=O) groups is 2. The molecular formula is C19H34O5. The van der Waals surface area contributed by atoms with Gasteiger partial charge < -0.3 is 14.9 Å². The van der Waals surface area contributed by atoms with Gasteiger partial charge in [0.1, 0.15) is 6.10 Å². The summed E-state index contributed by atoms with van der Waals surface area (Å²) in [6.45, 7) is 2.10. The number of Topliss-reactive ketones (excluding diaryl/α,β-unsaturated/α-hetero) is 1. The third kappa shape index (κ3) is 13.3. The van der Waals surface area contributed by atoms with Crippen molar-refractivity contribution in [1.82, 2.24) is 0 Å². The molecule has 0 aliphatic heterocycles. The van der Waals surface area contributed by atoms with Gasteiger partial charge >= 0.3 is 5.97 Å². The third-order valence-electron chi connectivity index (χ3n) is 3.98. The molecule has 0 heterocycles. The Bertz CT molecular complexity index is 365. The molecule has 2 N–H and O–H groups in total. The van der Waals surface area contributed by atoms with E-state index in [9.17, 15) is 19.8 Å². The largest absolute Gasteiger partial charge is 0.469 e. The lowest BCUT2D eigenvalue weighted by atomic mass is 10.0. The first-order valence-electron chi connectivity index (χ1n) is 9.15. The summed E-state index contributed by atoms with van der Waals surface area (Å²) in [6.07, 6.45) is 10.1. The zero-order valence-corrected chi connectivity index (χ0v) is 15.2. The smallest absolute Gasteiger partial charge is 0.305 e. The Morgan fingerprint density at radius 3 is 2.17 bits per heavy atom. The quantitative estimate of drug-likeness (QED) is 0.271. The summed E-state index contributed by atoms with van der Waals surface area (Å²) in [7, 11) is 1.39. The van der Waals surface area contributed by atoms with Crippen LogP contribution in [0.1, 0.15) is 77.6 Å². The first-order chi connectivity index (χ1) is 11.5. The summed E-state index contributed by atoms with van der Waals surface area (Å²) >= 11 is 0. The van der Waals surface area contributed by atoms with Crippen LogP contribution in [0, 0.1) is 0 Å². The molecule has 0 amide bonds.